The summed E-state index contributed by atoms with van der Waals surface area (Å²) in [4.78, 5) is 11.2. The van der Waals surface area contributed by atoms with Crippen molar-refractivity contribution in [2.75, 3.05) is 19.8 Å². The van der Waals surface area contributed by atoms with Gasteiger partial charge in [-0.05, 0) is 26.7 Å². The standard InChI is InChI=1S/C10H21NO3/c1-3-14-8-4-5-10(13)11-9(2)6-7-12/h9,12H,3-8H2,1-2H3,(H,11,13). The smallest absolute Gasteiger partial charge is 0.220 e. The summed E-state index contributed by atoms with van der Waals surface area (Å²) in [6, 6.07) is 0.0552. The number of rotatable bonds is 8. The fraction of sp³-hybridized carbons (Fsp3) is 0.900. The summed E-state index contributed by atoms with van der Waals surface area (Å²) in [6.07, 6.45) is 1.86. The molecule has 1 amide bonds. The molecular formula is C10H21NO3. The molecule has 0 bridgehead atoms. The van der Waals surface area contributed by atoms with Gasteiger partial charge in [-0.15, -0.1) is 0 Å². The van der Waals surface area contributed by atoms with Gasteiger partial charge in [0.15, 0.2) is 0 Å². The SMILES string of the molecule is CCOCCCC(=O)NC(C)CCO. The molecule has 0 aromatic rings. The second-order valence-corrected chi connectivity index (χ2v) is 3.28. The summed E-state index contributed by atoms with van der Waals surface area (Å²) < 4.78 is 5.12. The van der Waals surface area contributed by atoms with Crippen LogP contribution in [0.4, 0.5) is 0 Å². The summed E-state index contributed by atoms with van der Waals surface area (Å²) in [5.41, 5.74) is 0. The highest BCUT2D eigenvalue weighted by molar-refractivity contribution is 5.76. The Balaban J connectivity index is 3.35. The minimum absolute atomic E-state index is 0.0330. The molecule has 4 nitrogen and oxygen atoms in total. The monoisotopic (exact) mass is 203 g/mol. The van der Waals surface area contributed by atoms with Crippen molar-refractivity contribution in [2.24, 2.45) is 0 Å². The molecule has 14 heavy (non-hydrogen) atoms. The maximum atomic E-state index is 11.2. The van der Waals surface area contributed by atoms with Crippen LogP contribution in [0.2, 0.25) is 0 Å². The van der Waals surface area contributed by atoms with Crippen molar-refractivity contribution in [2.45, 2.75) is 39.2 Å². The zero-order chi connectivity index (χ0) is 10.8. The lowest BCUT2D eigenvalue weighted by molar-refractivity contribution is -0.122. The molecule has 0 rings (SSSR count). The van der Waals surface area contributed by atoms with E-state index in [0.29, 0.717) is 26.1 Å². The molecule has 0 saturated carbocycles. The molecule has 0 aliphatic rings. The topological polar surface area (TPSA) is 58.6 Å². The van der Waals surface area contributed by atoms with E-state index in [9.17, 15) is 4.79 Å². The van der Waals surface area contributed by atoms with Gasteiger partial charge in [0, 0.05) is 32.3 Å². The van der Waals surface area contributed by atoms with Crippen LogP contribution in [0.1, 0.15) is 33.1 Å². The van der Waals surface area contributed by atoms with Crippen molar-refractivity contribution in [3.8, 4) is 0 Å². The van der Waals surface area contributed by atoms with Gasteiger partial charge >= 0.3 is 0 Å². The molecular weight excluding hydrogens is 182 g/mol. The Hall–Kier alpha value is -0.610. The highest BCUT2D eigenvalue weighted by Gasteiger charge is 2.05. The fourth-order valence-electron chi connectivity index (χ4n) is 1.09. The van der Waals surface area contributed by atoms with Crippen molar-refractivity contribution in [1.29, 1.82) is 0 Å². The number of amides is 1. The van der Waals surface area contributed by atoms with E-state index in [-0.39, 0.29) is 18.6 Å². The van der Waals surface area contributed by atoms with E-state index in [1.54, 1.807) is 0 Å². The fourth-order valence-corrected chi connectivity index (χ4v) is 1.09. The van der Waals surface area contributed by atoms with E-state index in [4.69, 9.17) is 9.84 Å². The average molecular weight is 203 g/mol. The van der Waals surface area contributed by atoms with Gasteiger partial charge in [0.2, 0.25) is 5.91 Å². The molecule has 1 unspecified atom stereocenters. The number of aliphatic hydroxyl groups is 1. The van der Waals surface area contributed by atoms with Crippen LogP contribution in [0.5, 0.6) is 0 Å². The zero-order valence-corrected chi connectivity index (χ0v) is 9.08. The zero-order valence-electron chi connectivity index (χ0n) is 9.08. The van der Waals surface area contributed by atoms with E-state index in [1.807, 2.05) is 13.8 Å². The Morgan fingerprint density at radius 2 is 2.29 bits per heavy atom. The van der Waals surface area contributed by atoms with Crippen LogP contribution in [-0.2, 0) is 9.53 Å². The van der Waals surface area contributed by atoms with Crippen molar-refractivity contribution < 1.29 is 14.6 Å². The number of carbonyl (C=O) groups is 1. The summed E-state index contributed by atoms with van der Waals surface area (Å²) in [6.45, 7) is 5.27. The van der Waals surface area contributed by atoms with Gasteiger partial charge in [-0.25, -0.2) is 0 Å². The highest BCUT2D eigenvalue weighted by Crippen LogP contribution is 1.94. The third-order valence-electron chi connectivity index (χ3n) is 1.87. The lowest BCUT2D eigenvalue weighted by Gasteiger charge is -2.11. The van der Waals surface area contributed by atoms with Gasteiger partial charge in [-0.3, -0.25) is 4.79 Å². The van der Waals surface area contributed by atoms with Gasteiger partial charge in [0.25, 0.3) is 0 Å². The molecule has 0 fully saturated rings. The maximum Gasteiger partial charge on any atom is 0.220 e. The van der Waals surface area contributed by atoms with Crippen molar-refractivity contribution in [1.82, 2.24) is 5.32 Å². The highest BCUT2D eigenvalue weighted by atomic mass is 16.5. The second kappa shape index (κ2) is 8.97. The predicted octanol–water partition coefficient (Wildman–Crippen LogP) is 0.690. The van der Waals surface area contributed by atoms with Crippen LogP contribution in [0.3, 0.4) is 0 Å². The van der Waals surface area contributed by atoms with Crippen LogP contribution in [0.25, 0.3) is 0 Å². The molecule has 2 N–H and O–H groups in total. The van der Waals surface area contributed by atoms with E-state index < -0.39 is 0 Å². The normalized spacial score (nSPS) is 12.5. The summed E-state index contributed by atoms with van der Waals surface area (Å²) in [5, 5.41) is 11.4. The Labute approximate surface area is 85.6 Å². The van der Waals surface area contributed by atoms with Gasteiger partial charge < -0.3 is 15.2 Å². The minimum Gasteiger partial charge on any atom is -0.396 e. The molecule has 0 heterocycles. The summed E-state index contributed by atoms with van der Waals surface area (Å²) in [7, 11) is 0. The molecule has 0 spiro atoms. The van der Waals surface area contributed by atoms with Crippen LogP contribution >= 0.6 is 0 Å². The lowest BCUT2D eigenvalue weighted by Crippen LogP contribution is -2.33. The van der Waals surface area contributed by atoms with E-state index in [0.717, 1.165) is 6.42 Å². The van der Waals surface area contributed by atoms with Crippen LogP contribution in [0, 0.1) is 0 Å². The first-order valence-corrected chi connectivity index (χ1v) is 5.18. The Morgan fingerprint density at radius 1 is 1.57 bits per heavy atom. The molecule has 4 heteroatoms. The van der Waals surface area contributed by atoms with Crippen molar-refractivity contribution in [3.63, 3.8) is 0 Å². The number of hydrogen-bond donors (Lipinski definition) is 2. The molecule has 0 aliphatic heterocycles. The summed E-state index contributed by atoms with van der Waals surface area (Å²) >= 11 is 0. The summed E-state index contributed by atoms with van der Waals surface area (Å²) in [5.74, 6) is 0.0330. The third-order valence-corrected chi connectivity index (χ3v) is 1.87. The van der Waals surface area contributed by atoms with Crippen LogP contribution in [-0.4, -0.2) is 36.9 Å². The van der Waals surface area contributed by atoms with Crippen LogP contribution in [0.15, 0.2) is 0 Å². The van der Waals surface area contributed by atoms with Crippen molar-refractivity contribution in [3.05, 3.63) is 0 Å². The molecule has 0 saturated heterocycles. The predicted molar refractivity (Wildman–Crippen MR) is 55.0 cm³/mol. The van der Waals surface area contributed by atoms with Gasteiger partial charge in [-0.2, -0.15) is 0 Å². The quantitative estimate of drug-likeness (QED) is 0.571. The number of aliphatic hydroxyl groups excluding tert-OH is 1. The first-order chi connectivity index (χ1) is 6.70. The van der Waals surface area contributed by atoms with E-state index in [2.05, 4.69) is 5.32 Å². The largest absolute Gasteiger partial charge is 0.396 e. The Kier molecular flexibility index (Phi) is 8.57. The lowest BCUT2D eigenvalue weighted by atomic mass is 10.2. The molecule has 0 aromatic carbocycles. The number of ether oxygens (including phenoxy) is 1. The number of hydrogen-bond acceptors (Lipinski definition) is 3. The van der Waals surface area contributed by atoms with Gasteiger partial charge in [0.05, 0.1) is 0 Å². The van der Waals surface area contributed by atoms with Crippen LogP contribution < -0.4 is 5.32 Å². The third kappa shape index (κ3) is 8.01. The average Bonchev–Trinajstić information content (AvgIpc) is 2.13. The molecule has 0 aromatic heterocycles. The molecule has 84 valence electrons. The van der Waals surface area contributed by atoms with Gasteiger partial charge in [0.1, 0.15) is 0 Å². The molecule has 0 radical (unpaired) electrons. The second-order valence-electron chi connectivity index (χ2n) is 3.28. The maximum absolute atomic E-state index is 11.2. The van der Waals surface area contributed by atoms with Gasteiger partial charge in [-0.1, -0.05) is 0 Å². The minimum atomic E-state index is 0.0330. The van der Waals surface area contributed by atoms with Crippen molar-refractivity contribution >= 4 is 5.91 Å². The Bertz CT molecular complexity index is 150. The number of carbonyl (C=O) groups excluding carboxylic acids is 1. The molecule has 1 atom stereocenters. The first-order valence-electron chi connectivity index (χ1n) is 5.18. The Morgan fingerprint density at radius 3 is 2.86 bits per heavy atom. The van der Waals surface area contributed by atoms with E-state index >= 15 is 0 Å². The first kappa shape index (κ1) is 13.4. The number of nitrogens with one attached hydrogen (secondary N) is 1. The van der Waals surface area contributed by atoms with E-state index in [1.165, 1.54) is 0 Å². The molecule has 0 aliphatic carbocycles.